The summed E-state index contributed by atoms with van der Waals surface area (Å²) in [4.78, 5) is 2.31. The molecule has 16 heavy (non-hydrogen) atoms. The fourth-order valence-corrected chi connectivity index (χ4v) is 1.92. The number of nitrogens with zero attached hydrogens (tertiary/aromatic N) is 1. The van der Waals surface area contributed by atoms with Gasteiger partial charge in [0.1, 0.15) is 0 Å². The second-order valence-corrected chi connectivity index (χ2v) is 4.47. The van der Waals surface area contributed by atoms with Crippen LogP contribution < -0.4 is 5.32 Å². The van der Waals surface area contributed by atoms with Crippen LogP contribution in [0.5, 0.6) is 0 Å². The molecule has 0 amide bonds. The molecule has 0 aromatic carbocycles. The molecule has 0 radical (unpaired) electrons. The Hall–Kier alpha value is -0.840. The minimum atomic E-state index is 0.283. The molecule has 1 fully saturated rings. The number of ether oxygens (including phenoxy) is 1. The summed E-state index contributed by atoms with van der Waals surface area (Å²) in [7, 11) is 2.14. The van der Waals surface area contributed by atoms with Gasteiger partial charge in [0.05, 0.1) is 25.2 Å². The van der Waals surface area contributed by atoms with Crippen molar-refractivity contribution in [1.82, 2.24) is 10.2 Å². The van der Waals surface area contributed by atoms with E-state index < -0.39 is 0 Å². The topological polar surface area (TPSA) is 37.6 Å². The quantitative estimate of drug-likeness (QED) is 0.830. The number of hydrogen-bond donors (Lipinski definition) is 1. The van der Waals surface area contributed by atoms with Crippen LogP contribution in [0, 0.1) is 0 Å². The minimum Gasteiger partial charge on any atom is -0.472 e. The smallest absolute Gasteiger partial charge is 0.0947 e. The Morgan fingerprint density at radius 1 is 1.62 bits per heavy atom. The lowest BCUT2D eigenvalue weighted by Gasteiger charge is -2.34. The molecule has 2 atom stereocenters. The van der Waals surface area contributed by atoms with Crippen LogP contribution in [0.25, 0.3) is 0 Å². The van der Waals surface area contributed by atoms with Crippen LogP contribution >= 0.6 is 0 Å². The molecule has 0 saturated carbocycles. The van der Waals surface area contributed by atoms with E-state index in [1.165, 1.54) is 5.56 Å². The average Bonchev–Trinajstić information content (AvgIpc) is 2.78. The zero-order valence-corrected chi connectivity index (χ0v) is 9.98. The number of hydrogen-bond acceptors (Lipinski definition) is 4. The van der Waals surface area contributed by atoms with Crippen molar-refractivity contribution >= 4 is 0 Å². The molecule has 1 N–H and O–H groups in total. The summed E-state index contributed by atoms with van der Waals surface area (Å²) in [6.07, 6.45) is 3.76. The highest BCUT2D eigenvalue weighted by Crippen LogP contribution is 2.08. The van der Waals surface area contributed by atoms with Crippen molar-refractivity contribution in [3.63, 3.8) is 0 Å². The highest BCUT2D eigenvalue weighted by atomic mass is 16.5. The van der Waals surface area contributed by atoms with Crippen molar-refractivity contribution in [2.24, 2.45) is 0 Å². The summed E-state index contributed by atoms with van der Waals surface area (Å²) in [5.41, 5.74) is 1.18. The number of furan rings is 1. The highest BCUT2D eigenvalue weighted by molar-refractivity contribution is 5.04. The third-order valence-electron chi connectivity index (χ3n) is 3.06. The van der Waals surface area contributed by atoms with E-state index in [1.807, 2.05) is 6.07 Å². The fraction of sp³-hybridized carbons (Fsp3) is 0.667. The van der Waals surface area contributed by atoms with E-state index in [4.69, 9.17) is 9.15 Å². The lowest BCUT2D eigenvalue weighted by atomic mass is 10.1. The van der Waals surface area contributed by atoms with Gasteiger partial charge in [0.2, 0.25) is 0 Å². The summed E-state index contributed by atoms with van der Waals surface area (Å²) in [6.45, 7) is 5.87. The van der Waals surface area contributed by atoms with E-state index in [0.717, 1.165) is 26.2 Å². The van der Waals surface area contributed by atoms with Gasteiger partial charge in [-0.3, -0.25) is 0 Å². The van der Waals surface area contributed by atoms with E-state index in [0.29, 0.717) is 6.04 Å². The normalized spacial score (nSPS) is 24.5. The van der Waals surface area contributed by atoms with Gasteiger partial charge >= 0.3 is 0 Å². The summed E-state index contributed by atoms with van der Waals surface area (Å²) in [6, 6.07) is 2.34. The number of rotatable bonds is 4. The van der Waals surface area contributed by atoms with Crippen LogP contribution in [-0.4, -0.2) is 43.8 Å². The summed E-state index contributed by atoms with van der Waals surface area (Å²) in [5, 5.41) is 3.46. The first kappa shape index (κ1) is 11.6. The van der Waals surface area contributed by atoms with Crippen molar-refractivity contribution in [3.05, 3.63) is 24.2 Å². The van der Waals surface area contributed by atoms with Crippen LogP contribution in [0.4, 0.5) is 0 Å². The standard InChI is InChI=1S/C12H20N2O2/c1-10(12-8-14(2)4-6-16-12)13-7-11-3-5-15-9-11/h3,5,9-10,12-13H,4,6-8H2,1-2H3. The van der Waals surface area contributed by atoms with Crippen LogP contribution in [0.2, 0.25) is 0 Å². The second kappa shape index (κ2) is 5.48. The zero-order valence-electron chi connectivity index (χ0n) is 9.98. The first-order valence-corrected chi connectivity index (χ1v) is 5.80. The first-order valence-electron chi connectivity index (χ1n) is 5.80. The molecule has 4 heteroatoms. The largest absolute Gasteiger partial charge is 0.472 e. The van der Waals surface area contributed by atoms with Crippen LogP contribution in [-0.2, 0) is 11.3 Å². The predicted molar refractivity (Wildman–Crippen MR) is 62.2 cm³/mol. The van der Waals surface area contributed by atoms with Gasteiger partial charge in [-0.05, 0) is 20.0 Å². The molecule has 1 aromatic heterocycles. The number of likely N-dealkylation sites (N-methyl/N-ethyl adjacent to an activating group) is 1. The Bertz CT molecular complexity index is 300. The SMILES string of the molecule is CC(NCc1ccoc1)C1CN(C)CCO1. The number of nitrogens with one attached hydrogen (secondary N) is 1. The van der Waals surface area contributed by atoms with Crippen molar-refractivity contribution in [1.29, 1.82) is 0 Å². The Labute approximate surface area is 96.6 Å². The van der Waals surface area contributed by atoms with E-state index in [1.54, 1.807) is 12.5 Å². The average molecular weight is 224 g/mol. The summed E-state index contributed by atoms with van der Waals surface area (Å²) < 4.78 is 10.8. The van der Waals surface area contributed by atoms with Crippen molar-refractivity contribution in [2.45, 2.75) is 25.6 Å². The maximum atomic E-state index is 5.75. The molecule has 1 saturated heterocycles. The maximum Gasteiger partial charge on any atom is 0.0947 e. The molecular formula is C12H20N2O2. The molecular weight excluding hydrogens is 204 g/mol. The second-order valence-electron chi connectivity index (χ2n) is 4.47. The van der Waals surface area contributed by atoms with Gasteiger partial charge in [0, 0.05) is 31.2 Å². The third-order valence-corrected chi connectivity index (χ3v) is 3.06. The van der Waals surface area contributed by atoms with Gasteiger partial charge in [-0.1, -0.05) is 0 Å². The number of morpholine rings is 1. The van der Waals surface area contributed by atoms with Crippen molar-refractivity contribution in [3.8, 4) is 0 Å². The highest BCUT2D eigenvalue weighted by Gasteiger charge is 2.23. The van der Waals surface area contributed by atoms with Crippen LogP contribution in [0.3, 0.4) is 0 Å². The lowest BCUT2D eigenvalue weighted by molar-refractivity contribution is -0.0356. The molecule has 2 unspecified atom stereocenters. The lowest BCUT2D eigenvalue weighted by Crippen LogP contribution is -2.49. The van der Waals surface area contributed by atoms with Crippen LogP contribution in [0.15, 0.2) is 23.0 Å². The Morgan fingerprint density at radius 3 is 3.19 bits per heavy atom. The van der Waals surface area contributed by atoms with Gasteiger partial charge in [0.25, 0.3) is 0 Å². The van der Waals surface area contributed by atoms with Gasteiger partial charge < -0.3 is 19.4 Å². The van der Waals surface area contributed by atoms with Crippen LogP contribution in [0.1, 0.15) is 12.5 Å². The monoisotopic (exact) mass is 224 g/mol. The third kappa shape index (κ3) is 3.07. The van der Waals surface area contributed by atoms with Gasteiger partial charge in [0.15, 0.2) is 0 Å². The van der Waals surface area contributed by atoms with E-state index in [-0.39, 0.29) is 6.10 Å². The molecule has 4 nitrogen and oxygen atoms in total. The Balaban J connectivity index is 1.76. The predicted octanol–water partition coefficient (Wildman–Crippen LogP) is 1.09. The molecule has 0 bridgehead atoms. The minimum absolute atomic E-state index is 0.283. The van der Waals surface area contributed by atoms with Crippen molar-refractivity contribution in [2.75, 3.05) is 26.7 Å². The van der Waals surface area contributed by atoms with Gasteiger partial charge in [-0.25, -0.2) is 0 Å². The summed E-state index contributed by atoms with van der Waals surface area (Å²) in [5.74, 6) is 0. The zero-order chi connectivity index (χ0) is 11.4. The molecule has 1 aromatic rings. The Kier molecular flexibility index (Phi) is 3.98. The van der Waals surface area contributed by atoms with E-state index in [2.05, 4.69) is 24.2 Å². The molecule has 0 spiro atoms. The Morgan fingerprint density at radius 2 is 2.50 bits per heavy atom. The fourth-order valence-electron chi connectivity index (χ4n) is 1.92. The molecule has 90 valence electrons. The van der Waals surface area contributed by atoms with Gasteiger partial charge in [-0.2, -0.15) is 0 Å². The summed E-state index contributed by atoms with van der Waals surface area (Å²) >= 11 is 0. The maximum absolute atomic E-state index is 5.75. The van der Waals surface area contributed by atoms with E-state index in [9.17, 15) is 0 Å². The van der Waals surface area contributed by atoms with E-state index >= 15 is 0 Å². The molecule has 1 aliphatic heterocycles. The first-order chi connectivity index (χ1) is 7.75. The van der Waals surface area contributed by atoms with Crippen molar-refractivity contribution < 1.29 is 9.15 Å². The molecule has 1 aliphatic rings. The molecule has 2 rings (SSSR count). The molecule has 0 aliphatic carbocycles. The molecule has 2 heterocycles. The van der Waals surface area contributed by atoms with Gasteiger partial charge in [-0.15, -0.1) is 0 Å².